The third-order valence-electron chi connectivity index (χ3n) is 4.93. The fourth-order valence-electron chi connectivity index (χ4n) is 2.91. The van der Waals surface area contributed by atoms with E-state index >= 15 is 0 Å². The van der Waals surface area contributed by atoms with E-state index in [1.165, 1.54) is 0 Å². The van der Waals surface area contributed by atoms with Crippen LogP contribution in [0.3, 0.4) is 0 Å². The van der Waals surface area contributed by atoms with Gasteiger partial charge < -0.3 is 4.90 Å². The van der Waals surface area contributed by atoms with Crippen molar-refractivity contribution in [2.45, 2.75) is 52.1 Å². The van der Waals surface area contributed by atoms with E-state index in [1.54, 1.807) is 0 Å². The van der Waals surface area contributed by atoms with E-state index < -0.39 is 9.84 Å². The first kappa shape index (κ1) is 16.7. The van der Waals surface area contributed by atoms with Gasteiger partial charge in [-0.25, -0.2) is 8.42 Å². The van der Waals surface area contributed by atoms with Crippen molar-refractivity contribution in [3.63, 3.8) is 0 Å². The van der Waals surface area contributed by atoms with Crippen LogP contribution in [0.2, 0.25) is 0 Å². The van der Waals surface area contributed by atoms with Crippen LogP contribution < -0.4 is 0 Å². The zero-order chi connectivity index (χ0) is 15.6. The van der Waals surface area contributed by atoms with E-state index in [0.717, 1.165) is 19.3 Å². The summed E-state index contributed by atoms with van der Waals surface area (Å²) in [5.74, 6) is 1.04. The molecule has 2 unspecified atom stereocenters. The largest absolute Gasteiger partial charge is 0.336 e. The quantitative estimate of drug-likeness (QED) is 0.737. The Bertz CT molecular complexity index is 459. The van der Waals surface area contributed by atoms with Crippen molar-refractivity contribution >= 4 is 15.7 Å². The second-order valence-electron chi connectivity index (χ2n) is 6.59. The van der Waals surface area contributed by atoms with Crippen LogP contribution in [0.25, 0.3) is 0 Å². The molecule has 0 radical (unpaired) electrons. The van der Waals surface area contributed by atoms with Gasteiger partial charge in [-0.2, -0.15) is 0 Å². The molecule has 1 amide bonds. The summed E-state index contributed by atoms with van der Waals surface area (Å²) in [5.41, 5.74) is 0. The third-order valence-corrected chi connectivity index (χ3v) is 6.54. The van der Waals surface area contributed by atoms with Gasteiger partial charge in [0.2, 0.25) is 5.91 Å². The molecule has 6 heteroatoms. The lowest BCUT2D eigenvalue weighted by Crippen LogP contribution is -2.50. The Labute approximate surface area is 128 Å². The van der Waals surface area contributed by atoms with Crippen LogP contribution in [0.5, 0.6) is 0 Å². The normalized spacial score (nSPS) is 25.3. The fraction of sp³-hybridized carbons (Fsp3) is 0.933. The highest BCUT2D eigenvalue weighted by Gasteiger charge is 2.37. The van der Waals surface area contributed by atoms with Gasteiger partial charge in [-0.1, -0.05) is 20.3 Å². The van der Waals surface area contributed by atoms with Crippen LogP contribution >= 0.6 is 0 Å². The monoisotopic (exact) mass is 316 g/mol. The standard InChI is InChI=1S/C15H28N2O3S/c1-4-12(2)13(3)17(14-5-6-14)15(18)11-16-7-9-21(19,20)10-8-16/h12-14H,4-11H2,1-3H3. The van der Waals surface area contributed by atoms with Gasteiger partial charge in [0.25, 0.3) is 0 Å². The molecule has 122 valence electrons. The van der Waals surface area contributed by atoms with Crippen molar-refractivity contribution < 1.29 is 13.2 Å². The molecular weight excluding hydrogens is 288 g/mol. The molecule has 0 spiro atoms. The minimum atomic E-state index is -2.88. The average Bonchev–Trinajstić information content (AvgIpc) is 3.25. The molecule has 2 aliphatic rings. The molecule has 0 aromatic rings. The Kier molecular flexibility index (Phi) is 5.30. The Morgan fingerprint density at radius 3 is 2.29 bits per heavy atom. The number of carbonyl (C=O) groups excluding carboxylic acids is 1. The lowest BCUT2D eigenvalue weighted by atomic mass is 9.99. The number of hydrogen-bond donors (Lipinski definition) is 0. The summed E-state index contributed by atoms with van der Waals surface area (Å²) < 4.78 is 22.9. The molecule has 1 saturated carbocycles. The minimum Gasteiger partial charge on any atom is -0.336 e. The SMILES string of the molecule is CCC(C)C(C)N(C(=O)CN1CCS(=O)(=O)CC1)C1CC1. The first-order chi connectivity index (χ1) is 9.84. The van der Waals surface area contributed by atoms with Gasteiger partial charge in [0.1, 0.15) is 0 Å². The van der Waals surface area contributed by atoms with Crippen LogP contribution in [0.1, 0.15) is 40.0 Å². The van der Waals surface area contributed by atoms with Crippen molar-refractivity contribution in [2.24, 2.45) is 5.92 Å². The maximum atomic E-state index is 12.7. The van der Waals surface area contributed by atoms with E-state index in [1.807, 2.05) is 4.90 Å². The third kappa shape index (κ3) is 4.42. The molecular formula is C15H28N2O3S. The van der Waals surface area contributed by atoms with Crippen LogP contribution in [0.4, 0.5) is 0 Å². The van der Waals surface area contributed by atoms with Crippen LogP contribution in [-0.4, -0.2) is 67.3 Å². The van der Waals surface area contributed by atoms with Gasteiger partial charge in [0.05, 0.1) is 18.1 Å². The topological polar surface area (TPSA) is 57.7 Å². The predicted octanol–water partition coefficient (Wildman–Crippen LogP) is 1.14. The number of carbonyl (C=O) groups is 1. The van der Waals surface area contributed by atoms with E-state index in [-0.39, 0.29) is 23.5 Å². The zero-order valence-corrected chi connectivity index (χ0v) is 14.2. The fourth-order valence-corrected chi connectivity index (χ4v) is 4.19. The van der Waals surface area contributed by atoms with Gasteiger partial charge in [-0.15, -0.1) is 0 Å². The zero-order valence-electron chi connectivity index (χ0n) is 13.4. The van der Waals surface area contributed by atoms with Gasteiger partial charge in [0, 0.05) is 25.2 Å². The van der Waals surface area contributed by atoms with Crippen molar-refractivity contribution in [3.05, 3.63) is 0 Å². The maximum Gasteiger partial charge on any atom is 0.237 e. The second-order valence-corrected chi connectivity index (χ2v) is 8.89. The number of sulfone groups is 1. The molecule has 0 aromatic carbocycles. The maximum absolute atomic E-state index is 12.7. The Morgan fingerprint density at radius 2 is 1.81 bits per heavy atom. The van der Waals surface area contributed by atoms with E-state index in [0.29, 0.717) is 31.6 Å². The van der Waals surface area contributed by atoms with Gasteiger partial charge in [0.15, 0.2) is 9.84 Å². The molecule has 1 aliphatic heterocycles. The predicted molar refractivity (Wildman–Crippen MR) is 83.9 cm³/mol. The van der Waals surface area contributed by atoms with Crippen LogP contribution in [-0.2, 0) is 14.6 Å². The molecule has 0 N–H and O–H groups in total. The molecule has 5 nitrogen and oxygen atoms in total. The number of nitrogens with zero attached hydrogens (tertiary/aromatic N) is 2. The summed E-state index contributed by atoms with van der Waals surface area (Å²) in [5, 5.41) is 0. The molecule has 2 rings (SSSR count). The first-order valence-electron chi connectivity index (χ1n) is 8.08. The van der Waals surface area contributed by atoms with Crippen molar-refractivity contribution in [1.29, 1.82) is 0 Å². The smallest absolute Gasteiger partial charge is 0.237 e. The summed E-state index contributed by atoms with van der Waals surface area (Å²) in [7, 11) is -2.88. The molecule has 0 aromatic heterocycles. The van der Waals surface area contributed by atoms with Crippen LogP contribution in [0.15, 0.2) is 0 Å². The Balaban J connectivity index is 1.93. The van der Waals surface area contributed by atoms with Gasteiger partial charge in [-0.3, -0.25) is 9.69 Å². The average molecular weight is 316 g/mol. The minimum absolute atomic E-state index is 0.171. The second kappa shape index (κ2) is 6.65. The molecule has 1 heterocycles. The summed E-state index contributed by atoms with van der Waals surface area (Å²) >= 11 is 0. The van der Waals surface area contributed by atoms with Gasteiger partial charge >= 0.3 is 0 Å². The highest BCUT2D eigenvalue weighted by Crippen LogP contribution is 2.31. The summed E-state index contributed by atoms with van der Waals surface area (Å²) in [4.78, 5) is 16.7. The van der Waals surface area contributed by atoms with Crippen molar-refractivity contribution in [2.75, 3.05) is 31.1 Å². The highest BCUT2D eigenvalue weighted by molar-refractivity contribution is 7.91. The number of rotatable bonds is 6. The van der Waals surface area contributed by atoms with E-state index in [9.17, 15) is 13.2 Å². The Morgan fingerprint density at radius 1 is 1.24 bits per heavy atom. The highest BCUT2D eigenvalue weighted by atomic mass is 32.2. The van der Waals surface area contributed by atoms with Crippen molar-refractivity contribution in [3.8, 4) is 0 Å². The van der Waals surface area contributed by atoms with Crippen molar-refractivity contribution in [1.82, 2.24) is 9.80 Å². The molecule has 2 atom stereocenters. The molecule has 0 bridgehead atoms. The molecule has 1 saturated heterocycles. The summed E-state index contributed by atoms with van der Waals surface area (Å²) in [6.07, 6.45) is 3.29. The van der Waals surface area contributed by atoms with Gasteiger partial charge in [-0.05, 0) is 25.7 Å². The first-order valence-corrected chi connectivity index (χ1v) is 9.90. The Hall–Kier alpha value is -0.620. The lowest BCUT2D eigenvalue weighted by Gasteiger charge is -2.35. The summed E-state index contributed by atoms with van der Waals surface area (Å²) in [6, 6.07) is 0.679. The summed E-state index contributed by atoms with van der Waals surface area (Å²) in [6.45, 7) is 7.85. The lowest BCUT2D eigenvalue weighted by molar-refractivity contribution is -0.136. The van der Waals surface area contributed by atoms with E-state index in [2.05, 4.69) is 25.7 Å². The van der Waals surface area contributed by atoms with Crippen LogP contribution in [0, 0.1) is 5.92 Å². The van der Waals surface area contributed by atoms with E-state index in [4.69, 9.17) is 0 Å². The number of amides is 1. The molecule has 2 fully saturated rings. The molecule has 21 heavy (non-hydrogen) atoms. The molecule has 1 aliphatic carbocycles. The number of hydrogen-bond acceptors (Lipinski definition) is 4.